The maximum Gasteiger partial charge on any atom is 0.337 e. The lowest BCUT2D eigenvalue weighted by molar-refractivity contribution is 0.0697. The van der Waals surface area contributed by atoms with Crippen LogP contribution in [0.5, 0.6) is 0 Å². The average molecular weight is 295 g/mol. The molecule has 3 nitrogen and oxygen atoms in total. The highest BCUT2D eigenvalue weighted by molar-refractivity contribution is 5.95. The van der Waals surface area contributed by atoms with Crippen molar-refractivity contribution in [1.82, 2.24) is 0 Å². The van der Waals surface area contributed by atoms with Gasteiger partial charge in [-0.1, -0.05) is 36.4 Å². The van der Waals surface area contributed by atoms with E-state index in [2.05, 4.69) is 35.7 Å². The second-order valence-corrected chi connectivity index (χ2v) is 6.64. The number of anilines is 1. The average Bonchev–Trinajstić information content (AvgIpc) is 3.04. The lowest BCUT2D eigenvalue weighted by Gasteiger charge is -2.42. The van der Waals surface area contributed by atoms with Crippen molar-refractivity contribution in [3.63, 3.8) is 0 Å². The number of nitrogens with one attached hydrogen (secondary N) is 1. The van der Waals surface area contributed by atoms with E-state index >= 15 is 0 Å². The molecule has 22 heavy (non-hydrogen) atoms. The Bertz CT molecular complexity index is 661. The molecule has 4 atom stereocenters. The maximum absolute atomic E-state index is 11.6. The molecular formula is C19H21NO2. The van der Waals surface area contributed by atoms with Gasteiger partial charge in [-0.25, -0.2) is 4.79 Å². The Balaban J connectivity index is 1.76. The van der Waals surface area contributed by atoms with Gasteiger partial charge in [0.05, 0.1) is 11.3 Å². The monoisotopic (exact) mass is 295 g/mol. The van der Waals surface area contributed by atoms with E-state index < -0.39 is 5.97 Å². The summed E-state index contributed by atoms with van der Waals surface area (Å²) in [5, 5.41) is 13.1. The highest BCUT2D eigenvalue weighted by Gasteiger charge is 2.41. The molecule has 3 heteroatoms. The van der Waals surface area contributed by atoms with Crippen molar-refractivity contribution in [3.05, 3.63) is 53.6 Å². The molecule has 0 radical (unpaired) electrons. The Hall–Kier alpha value is -2.03. The number of carboxylic acid groups (broad SMARTS) is 1. The Morgan fingerprint density at radius 3 is 2.86 bits per heavy atom. The van der Waals surface area contributed by atoms with Gasteiger partial charge in [-0.2, -0.15) is 0 Å². The Labute approximate surface area is 130 Å². The minimum Gasteiger partial charge on any atom is -0.478 e. The van der Waals surface area contributed by atoms with Gasteiger partial charge in [0.15, 0.2) is 0 Å². The molecule has 3 aliphatic rings. The molecule has 2 aliphatic carbocycles. The summed E-state index contributed by atoms with van der Waals surface area (Å²) in [7, 11) is 0. The number of rotatable bonds is 2. The van der Waals surface area contributed by atoms with Crippen LogP contribution < -0.4 is 5.32 Å². The third-order valence-electron chi connectivity index (χ3n) is 5.49. The van der Waals surface area contributed by atoms with Crippen molar-refractivity contribution < 1.29 is 9.90 Å². The Morgan fingerprint density at radius 2 is 2.09 bits per heavy atom. The topological polar surface area (TPSA) is 49.3 Å². The fourth-order valence-corrected chi connectivity index (χ4v) is 4.45. The van der Waals surface area contributed by atoms with E-state index in [9.17, 15) is 9.90 Å². The first-order chi connectivity index (χ1) is 10.8. The molecule has 0 saturated heterocycles. The number of para-hydroxylation sites is 1. The summed E-state index contributed by atoms with van der Waals surface area (Å²) in [5.74, 6) is 0.693. The highest BCUT2D eigenvalue weighted by Crippen LogP contribution is 2.48. The lowest BCUT2D eigenvalue weighted by Crippen LogP contribution is -2.42. The van der Waals surface area contributed by atoms with Crippen molar-refractivity contribution in [2.24, 2.45) is 11.8 Å². The first-order valence-corrected chi connectivity index (χ1v) is 8.20. The van der Waals surface area contributed by atoms with Crippen LogP contribution in [0, 0.1) is 11.8 Å². The molecule has 114 valence electrons. The van der Waals surface area contributed by atoms with E-state index in [0.717, 1.165) is 30.5 Å². The highest BCUT2D eigenvalue weighted by atomic mass is 16.4. The molecule has 1 heterocycles. The molecule has 2 N–H and O–H groups in total. The summed E-state index contributed by atoms with van der Waals surface area (Å²) < 4.78 is 0. The first-order valence-electron chi connectivity index (χ1n) is 8.20. The van der Waals surface area contributed by atoms with Crippen LogP contribution in [0.25, 0.3) is 0 Å². The van der Waals surface area contributed by atoms with Crippen LogP contribution in [0.15, 0.2) is 42.5 Å². The van der Waals surface area contributed by atoms with Gasteiger partial charge in [0.1, 0.15) is 0 Å². The predicted octanol–water partition coefficient (Wildman–Crippen LogP) is 4.19. The van der Waals surface area contributed by atoms with Crippen molar-refractivity contribution >= 4 is 11.7 Å². The predicted molar refractivity (Wildman–Crippen MR) is 87.3 cm³/mol. The van der Waals surface area contributed by atoms with Crippen molar-refractivity contribution in [2.75, 3.05) is 5.32 Å². The Kier molecular flexibility index (Phi) is 3.29. The fraction of sp³-hybridized carbons (Fsp3) is 0.421. The number of benzene rings is 1. The van der Waals surface area contributed by atoms with Crippen LogP contribution in [0.3, 0.4) is 0 Å². The maximum atomic E-state index is 11.6. The third kappa shape index (κ3) is 2.07. The second-order valence-electron chi connectivity index (χ2n) is 6.64. The summed E-state index contributed by atoms with van der Waals surface area (Å²) in [6, 6.07) is 6.04. The van der Waals surface area contributed by atoms with Crippen LogP contribution >= 0.6 is 0 Å². The first kappa shape index (κ1) is 13.6. The quantitative estimate of drug-likeness (QED) is 0.804. The molecule has 0 spiro atoms. The van der Waals surface area contributed by atoms with Gasteiger partial charge in [-0.3, -0.25) is 0 Å². The molecule has 0 saturated carbocycles. The summed E-state index contributed by atoms with van der Waals surface area (Å²) in [6.07, 6.45) is 13.6. The van der Waals surface area contributed by atoms with Crippen molar-refractivity contribution in [2.45, 2.75) is 37.6 Å². The largest absolute Gasteiger partial charge is 0.478 e. The van der Waals surface area contributed by atoms with Gasteiger partial charge in [-0.15, -0.1) is 0 Å². The fourth-order valence-electron chi connectivity index (χ4n) is 4.45. The third-order valence-corrected chi connectivity index (χ3v) is 5.49. The normalized spacial score (nSPS) is 32.2. The van der Waals surface area contributed by atoms with Crippen LogP contribution in [0.1, 0.15) is 47.5 Å². The number of hydrogen-bond acceptors (Lipinski definition) is 2. The zero-order chi connectivity index (χ0) is 15.1. The summed E-state index contributed by atoms with van der Waals surface area (Å²) in [6.45, 7) is 0. The van der Waals surface area contributed by atoms with E-state index in [-0.39, 0.29) is 0 Å². The Morgan fingerprint density at radius 1 is 1.18 bits per heavy atom. The zero-order valence-corrected chi connectivity index (χ0v) is 12.5. The van der Waals surface area contributed by atoms with E-state index in [0.29, 0.717) is 29.4 Å². The van der Waals surface area contributed by atoms with E-state index in [1.54, 1.807) is 6.07 Å². The molecule has 1 aliphatic heterocycles. The molecule has 0 amide bonds. The molecule has 0 aromatic heterocycles. The van der Waals surface area contributed by atoms with Crippen molar-refractivity contribution in [3.8, 4) is 0 Å². The molecule has 0 fully saturated rings. The van der Waals surface area contributed by atoms with Crippen LogP contribution in [-0.4, -0.2) is 17.1 Å². The number of hydrogen-bond donors (Lipinski definition) is 2. The van der Waals surface area contributed by atoms with Gasteiger partial charge >= 0.3 is 5.97 Å². The zero-order valence-electron chi connectivity index (χ0n) is 12.5. The number of fused-ring (bicyclic) bond motifs is 3. The van der Waals surface area contributed by atoms with Gasteiger partial charge in [0.2, 0.25) is 0 Å². The molecule has 1 aromatic carbocycles. The van der Waals surface area contributed by atoms with Crippen LogP contribution in [0.4, 0.5) is 5.69 Å². The van der Waals surface area contributed by atoms with Crippen molar-refractivity contribution in [1.29, 1.82) is 0 Å². The van der Waals surface area contributed by atoms with Gasteiger partial charge < -0.3 is 10.4 Å². The summed E-state index contributed by atoms with van der Waals surface area (Å²) >= 11 is 0. The number of allylic oxidation sites excluding steroid dienone is 4. The summed E-state index contributed by atoms with van der Waals surface area (Å²) in [4.78, 5) is 11.6. The summed E-state index contributed by atoms with van der Waals surface area (Å²) in [5.41, 5.74) is 2.41. The number of aromatic carboxylic acids is 1. The number of carboxylic acids is 1. The van der Waals surface area contributed by atoms with Crippen LogP contribution in [0.2, 0.25) is 0 Å². The minimum absolute atomic E-state index is 0.367. The molecule has 0 unspecified atom stereocenters. The number of carbonyl (C=O) groups is 1. The molecule has 1 aromatic rings. The second kappa shape index (κ2) is 5.31. The lowest BCUT2D eigenvalue weighted by atomic mass is 9.71. The smallest absolute Gasteiger partial charge is 0.337 e. The minimum atomic E-state index is -0.841. The van der Waals surface area contributed by atoms with E-state index in [1.165, 1.54) is 6.42 Å². The molecule has 0 bridgehead atoms. The van der Waals surface area contributed by atoms with Crippen LogP contribution in [-0.2, 0) is 0 Å². The molecular weight excluding hydrogens is 274 g/mol. The van der Waals surface area contributed by atoms with E-state index in [4.69, 9.17) is 0 Å². The van der Waals surface area contributed by atoms with Gasteiger partial charge in [0.25, 0.3) is 0 Å². The standard InChI is InChI=1S/C19H21NO2/c21-19(22)16-11-5-10-15-13-8-4-9-14(13)17(20-18(15)16)12-6-2-1-3-7-12/h1-2,4-5,8,10-14,17,20H,3,6-7,9H2,(H,21,22)/t12-,13-,14-,17+/m0/s1. The van der Waals surface area contributed by atoms with E-state index in [1.807, 2.05) is 6.07 Å². The SMILES string of the molecule is O=C(O)c1cccc2c1N[C@H]([C@H]1CC=CCC1)[C@H]1CC=C[C@H]21. The molecule has 4 rings (SSSR count). The van der Waals surface area contributed by atoms with Gasteiger partial charge in [0, 0.05) is 12.0 Å². The van der Waals surface area contributed by atoms with Gasteiger partial charge in [-0.05, 0) is 49.1 Å².